The van der Waals surface area contributed by atoms with Crippen LogP contribution in [0.25, 0.3) is 0 Å². The fourth-order valence-corrected chi connectivity index (χ4v) is 2.13. The number of anilines is 1. The predicted molar refractivity (Wildman–Crippen MR) is 84.5 cm³/mol. The monoisotopic (exact) mass is 292 g/mol. The number of hydrogen-bond donors (Lipinski definition) is 3. The van der Waals surface area contributed by atoms with Crippen LogP contribution in [0.3, 0.4) is 0 Å². The Morgan fingerprint density at radius 1 is 1.10 bits per heavy atom. The molecule has 0 fully saturated rings. The molecule has 0 aliphatic carbocycles. The fourth-order valence-electron chi connectivity index (χ4n) is 2.13. The van der Waals surface area contributed by atoms with Crippen LogP contribution in [0, 0.1) is 13.8 Å². The highest BCUT2D eigenvalue weighted by molar-refractivity contribution is 5.93. The Bertz CT molecular complexity index is 480. The Kier molecular flexibility index (Phi) is 6.88. The molecule has 0 aromatic heterocycles. The molecule has 2 amide bonds. The highest BCUT2D eigenvalue weighted by atomic mass is 16.2. The molecule has 0 aliphatic rings. The first-order valence-electron chi connectivity index (χ1n) is 7.38. The number of quaternary nitrogens is 1. The third-order valence-corrected chi connectivity index (χ3v) is 3.24. The van der Waals surface area contributed by atoms with E-state index in [0.29, 0.717) is 13.1 Å². The topological polar surface area (TPSA) is 62.6 Å². The number of carbonyl (C=O) groups is 2. The van der Waals surface area contributed by atoms with Crippen LogP contribution in [-0.4, -0.2) is 38.5 Å². The summed E-state index contributed by atoms with van der Waals surface area (Å²) in [7, 11) is 1.84. The van der Waals surface area contributed by atoms with Crippen molar-refractivity contribution in [2.24, 2.45) is 0 Å². The van der Waals surface area contributed by atoms with E-state index in [2.05, 4.69) is 10.6 Å². The van der Waals surface area contributed by atoms with Gasteiger partial charge in [0.2, 0.25) is 0 Å². The number of hydrogen-bond acceptors (Lipinski definition) is 2. The van der Waals surface area contributed by atoms with E-state index < -0.39 is 0 Å². The van der Waals surface area contributed by atoms with Gasteiger partial charge in [-0.3, -0.25) is 9.59 Å². The lowest BCUT2D eigenvalue weighted by molar-refractivity contribution is -0.862. The highest BCUT2D eigenvalue weighted by Gasteiger charge is 2.15. The highest BCUT2D eigenvalue weighted by Crippen LogP contribution is 2.18. The van der Waals surface area contributed by atoms with Gasteiger partial charge in [-0.1, -0.05) is 25.1 Å². The summed E-state index contributed by atoms with van der Waals surface area (Å²) in [4.78, 5) is 24.5. The second-order valence-electron chi connectivity index (χ2n) is 5.48. The van der Waals surface area contributed by atoms with Gasteiger partial charge in [0, 0.05) is 12.2 Å². The van der Waals surface area contributed by atoms with Crippen molar-refractivity contribution < 1.29 is 14.5 Å². The number of aryl methyl sites for hydroxylation is 2. The van der Waals surface area contributed by atoms with Crippen LogP contribution >= 0.6 is 0 Å². The van der Waals surface area contributed by atoms with Crippen LogP contribution in [-0.2, 0) is 9.59 Å². The fraction of sp³-hybridized carbons (Fsp3) is 0.500. The Hall–Kier alpha value is -1.88. The average Bonchev–Trinajstić information content (AvgIpc) is 2.40. The van der Waals surface area contributed by atoms with Gasteiger partial charge in [0.15, 0.2) is 13.1 Å². The Morgan fingerprint density at radius 2 is 1.67 bits per heavy atom. The van der Waals surface area contributed by atoms with E-state index >= 15 is 0 Å². The van der Waals surface area contributed by atoms with E-state index in [1.807, 2.05) is 46.0 Å². The summed E-state index contributed by atoms with van der Waals surface area (Å²) in [6.07, 6.45) is 0.915. The van der Waals surface area contributed by atoms with E-state index in [0.717, 1.165) is 28.1 Å². The molecule has 0 spiro atoms. The maximum atomic E-state index is 12.1. The lowest BCUT2D eigenvalue weighted by atomic mass is 10.1. The van der Waals surface area contributed by atoms with Gasteiger partial charge in [-0.05, 0) is 31.4 Å². The summed E-state index contributed by atoms with van der Waals surface area (Å²) in [5.41, 5.74) is 2.95. The summed E-state index contributed by atoms with van der Waals surface area (Å²) in [5, 5.41) is 5.75. The standard InChI is InChI=1S/C16H25N3O2/c1-5-9-17-14(20)10-19(4)11-15(21)18-16-12(2)7-6-8-13(16)3/h6-8H,5,9-11H2,1-4H3,(H,17,20)(H,18,21)/p+1. The van der Waals surface area contributed by atoms with E-state index in [4.69, 9.17) is 0 Å². The summed E-state index contributed by atoms with van der Waals surface area (Å²) in [6, 6.07) is 5.91. The van der Waals surface area contributed by atoms with E-state index in [1.54, 1.807) is 0 Å². The molecule has 1 aromatic rings. The number of carbonyl (C=O) groups excluding carboxylic acids is 2. The smallest absolute Gasteiger partial charge is 0.279 e. The molecule has 5 heteroatoms. The summed E-state index contributed by atoms with van der Waals surface area (Å²) < 4.78 is 0. The molecule has 1 rings (SSSR count). The Labute approximate surface area is 126 Å². The number of para-hydroxylation sites is 1. The molecule has 5 nitrogen and oxygen atoms in total. The van der Waals surface area contributed by atoms with Gasteiger partial charge in [0.1, 0.15) is 0 Å². The van der Waals surface area contributed by atoms with Crippen molar-refractivity contribution in [2.75, 3.05) is 32.0 Å². The maximum absolute atomic E-state index is 12.1. The molecule has 3 N–H and O–H groups in total. The Morgan fingerprint density at radius 3 is 2.24 bits per heavy atom. The molecule has 0 saturated carbocycles. The molecule has 0 aliphatic heterocycles. The zero-order chi connectivity index (χ0) is 15.8. The third kappa shape index (κ3) is 5.95. The first kappa shape index (κ1) is 17.2. The maximum Gasteiger partial charge on any atom is 0.279 e. The average molecular weight is 292 g/mol. The Balaban J connectivity index is 2.48. The van der Waals surface area contributed by atoms with Crippen molar-refractivity contribution >= 4 is 17.5 Å². The second-order valence-corrected chi connectivity index (χ2v) is 5.48. The number of likely N-dealkylation sites (N-methyl/N-ethyl adjacent to an activating group) is 1. The third-order valence-electron chi connectivity index (χ3n) is 3.24. The normalized spacial score (nSPS) is 11.8. The lowest BCUT2D eigenvalue weighted by Crippen LogP contribution is -3.11. The summed E-state index contributed by atoms with van der Waals surface area (Å²) in [5.74, 6) is -0.0950. The van der Waals surface area contributed by atoms with Gasteiger partial charge >= 0.3 is 0 Å². The van der Waals surface area contributed by atoms with Gasteiger partial charge in [-0.2, -0.15) is 0 Å². The van der Waals surface area contributed by atoms with E-state index in [-0.39, 0.29) is 18.4 Å². The molecule has 21 heavy (non-hydrogen) atoms. The van der Waals surface area contributed by atoms with Gasteiger partial charge in [-0.25, -0.2) is 0 Å². The van der Waals surface area contributed by atoms with Crippen molar-refractivity contribution in [3.05, 3.63) is 29.3 Å². The number of benzene rings is 1. The zero-order valence-corrected chi connectivity index (χ0v) is 13.4. The molecular formula is C16H26N3O2+. The summed E-state index contributed by atoms with van der Waals surface area (Å²) >= 11 is 0. The molecule has 0 heterocycles. The quantitative estimate of drug-likeness (QED) is 0.676. The van der Waals surface area contributed by atoms with Crippen LogP contribution in [0.5, 0.6) is 0 Å². The predicted octanol–water partition coefficient (Wildman–Crippen LogP) is 0.283. The van der Waals surface area contributed by atoms with Crippen LogP contribution in [0.2, 0.25) is 0 Å². The van der Waals surface area contributed by atoms with Crippen molar-refractivity contribution in [2.45, 2.75) is 27.2 Å². The van der Waals surface area contributed by atoms with Crippen LogP contribution in [0.1, 0.15) is 24.5 Å². The van der Waals surface area contributed by atoms with Crippen molar-refractivity contribution in [3.8, 4) is 0 Å². The van der Waals surface area contributed by atoms with Gasteiger partial charge in [-0.15, -0.1) is 0 Å². The number of rotatable bonds is 7. The zero-order valence-electron chi connectivity index (χ0n) is 13.4. The molecular weight excluding hydrogens is 266 g/mol. The first-order valence-corrected chi connectivity index (χ1v) is 7.38. The number of amides is 2. The van der Waals surface area contributed by atoms with Crippen molar-refractivity contribution in [1.29, 1.82) is 0 Å². The molecule has 0 radical (unpaired) electrons. The minimum atomic E-state index is -0.0757. The molecule has 116 valence electrons. The summed E-state index contributed by atoms with van der Waals surface area (Å²) in [6.45, 7) is 7.21. The van der Waals surface area contributed by atoms with Crippen molar-refractivity contribution in [1.82, 2.24) is 5.32 Å². The minimum Gasteiger partial charge on any atom is -0.351 e. The van der Waals surface area contributed by atoms with Crippen molar-refractivity contribution in [3.63, 3.8) is 0 Å². The SMILES string of the molecule is CCCNC(=O)C[NH+](C)CC(=O)Nc1c(C)cccc1C. The first-order chi connectivity index (χ1) is 9.93. The molecule has 0 bridgehead atoms. The molecule has 1 aromatic carbocycles. The second kappa shape index (κ2) is 8.42. The number of nitrogens with one attached hydrogen (secondary N) is 3. The van der Waals surface area contributed by atoms with E-state index in [1.165, 1.54) is 0 Å². The largest absolute Gasteiger partial charge is 0.351 e. The minimum absolute atomic E-state index is 0.0192. The molecule has 1 atom stereocenters. The van der Waals surface area contributed by atoms with Gasteiger partial charge < -0.3 is 15.5 Å². The van der Waals surface area contributed by atoms with Gasteiger partial charge in [0.25, 0.3) is 11.8 Å². The molecule has 0 saturated heterocycles. The molecule has 1 unspecified atom stereocenters. The lowest BCUT2D eigenvalue weighted by Gasteiger charge is -2.15. The van der Waals surface area contributed by atoms with Crippen LogP contribution in [0.4, 0.5) is 5.69 Å². The van der Waals surface area contributed by atoms with Crippen LogP contribution in [0.15, 0.2) is 18.2 Å². The van der Waals surface area contributed by atoms with Gasteiger partial charge in [0.05, 0.1) is 7.05 Å². The van der Waals surface area contributed by atoms with E-state index in [9.17, 15) is 9.59 Å². The van der Waals surface area contributed by atoms with Crippen LogP contribution < -0.4 is 15.5 Å².